The Hall–Kier alpha value is -3.62. The molecule has 4 aromatic rings. The molecule has 4 rings (SSSR count). The third-order valence-electron chi connectivity index (χ3n) is 3.86. The SMILES string of the molecule is Cc1cccc(-c2nnc(COC(=O)c3nc4nc(C)cc(C)n4n3)o2)c1. The number of ether oxygens (including phenoxy) is 1. The lowest BCUT2D eigenvalue weighted by molar-refractivity contribution is 0.0424. The fraction of sp³-hybridized carbons (Fsp3) is 0.222. The molecular weight excluding hydrogens is 348 g/mol. The molecule has 136 valence electrons. The van der Waals surface area contributed by atoms with Crippen LogP contribution in [0.15, 0.2) is 34.7 Å². The monoisotopic (exact) mass is 364 g/mol. The average Bonchev–Trinajstić information content (AvgIpc) is 3.26. The van der Waals surface area contributed by atoms with E-state index >= 15 is 0 Å². The number of nitrogens with zero attached hydrogens (tertiary/aromatic N) is 6. The van der Waals surface area contributed by atoms with Crippen molar-refractivity contribution in [2.24, 2.45) is 0 Å². The Morgan fingerprint density at radius 3 is 2.81 bits per heavy atom. The molecule has 0 bridgehead atoms. The van der Waals surface area contributed by atoms with Crippen molar-refractivity contribution in [3.05, 3.63) is 59.0 Å². The van der Waals surface area contributed by atoms with Gasteiger partial charge in [-0.05, 0) is 39.0 Å². The number of hydrogen-bond donors (Lipinski definition) is 0. The summed E-state index contributed by atoms with van der Waals surface area (Å²) in [5.41, 5.74) is 3.50. The van der Waals surface area contributed by atoms with E-state index < -0.39 is 5.97 Å². The second-order valence-corrected chi connectivity index (χ2v) is 6.13. The summed E-state index contributed by atoms with van der Waals surface area (Å²) in [6.45, 7) is 5.51. The molecule has 0 fully saturated rings. The van der Waals surface area contributed by atoms with E-state index in [1.807, 2.05) is 51.1 Å². The fourth-order valence-electron chi connectivity index (χ4n) is 2.65. The van der Waals surface area contributed by atoms with E-state index in [4.69, 9.17) is 9.15 Å². The molecule has 0 atom stereocenters. The number of aromatic nitrogens is 6. The maximum atomic E-state index is 12.2. The van der Waals surface area contributed by atoms with Gasteiger partial charge in [0.25, 0.3) is 17.5 Å². The van der Waals surface area contributed by atoms with E-state index in [0.717, 1.165) is 22.5 Å². The average molecular weight is 364 g/mol. The van der Waals surface area contributed by atoms with Crippen LogP contribution < -0.4 is 0 Å². The van der Waals surface area contributed by atoms with Gasteiger partial charge in [0.05, 0.1) is 0 Å². The van der Waals surface area contributed by atoms with Crippen LogP contribution in [0.4, 0.5) is 0 Å². The molecule has 0 spiro atoms. The largest absolute Gasteiger partial charge is 0.450 e. The van der Waals surface area contributed by atoms with Gasteiger partial charge in [-0.3, -0.25) is 0 Å². The van der Waals surface area contributed by atoms with Crippen LogP contribution in [0.2, 0.25) is 0 Å². The second-order valence-electron chi connectivity index (χ2n) is 6.13. The molecule has 0 aliphatic heterocycles. The molecule has 3 heterocycles. The summed E-state index contributed by atoms with van der Waals surface area (Å²) in [6.07, 6.45) is 0. The maximum Gasteiger partial charge on any atom is 0.378 e. The quantitative estimate of drug-likeness (QED) is 0.508. The van der Waals surface area contributed by atoms with Crippen LogP contribution >= 0.6 is 0 Å². The molecule has 0 unspecified atom stereocenters. The molecule has 0 radical (unpaired) electrons. The molecule has 9 heteroatoms. The third-order valence-corrected chi connectivity index (χ3v) is 3.86. The Morgan fingerprint density at radius 2 is 2.00 bits per heavy atom. The molecule has 0 amide bonds. The van der Waals surface area contributed by atoms with Crippen molar-refractivity contribution in [1.29, 1.82) is 0 Å². The van der Waals surface area contributed by atoms with Gasteiger partial charge in [0.1, 0.15) is 0 Å². The zero-order valence-electron chi connectivity index (χ0n) is 15.0. The highest BCUT2D eigenvalue weighted by molar-refractivity contribution is 5.85. The van der Waals surface area contributed by atoms with Crippen LogP contribution in [0.25, 0.3) is 17.2 Å². The van der Waals surface area contributed by atoms with Gasteiger partial charge in [-0.2, -0.15) is 4.98 Å². The molecule has 0 saturated heterocycles. The Balaban J connectivity index is 1.48. The van der Waals surface area contributed by atoms with Crippen LogP contribution in [-0.4, -0.2) is 35.7 Å². The highest BCUT2D eigenvalue weighted by Gasteiger charge is 2.18. The van der Waals surface area contributed by atoms with Gasteiger partial charge in [0.15, 0.2) is 6.61 Å². The highest BCUT2D eigenvalue weighted by Crippen LogP contribution is 2.19. The molecule has 0 aliphatic carbocycles. The van der Waals surface area contributed by atoms with Gasteiger partial charge >= 0.3 is 5.97 Å². The van der Waals surface area contributed by atoms with Gasteiger partial charge in [-0.15, -0.1) is 15.3 Å². The number of carbonyl (C=O) groups excluding carboxylic acids is 1. The normalized spacial score (nSPS) is 11.1. The van der Waals surface area contributed by atoms with Crippen LogP contribution in [0.5, 0.6) is 0 Å². The lowest BCUT2D eigenvalue weighted by atomic mass is 10.1. The van der Waals surface area contributed by atoms with Gasteiger partial charge in [-0.1, -0.05) is 17.7 Å². The van der Waals surface area contributed by atoms with E-state index in [2.05, 4.69) is 25.3 Å². The summed E-state index contributed by atoms with van der Waals surface area (Å²) in [7, 11) is 0. The maximum absolute atomic E-state index is 12.2. The first-order chi connectivity index (χ1) is 13.0. The lowest BCUT2D eigenvalue weighted by Crippen LogP contribution is -2.08. The van der Waals surface area contributed by atoms with Crippen molar-refractivity contribution in [2.75, 3.05) is 0 Å². The van der Waals surface area contributed by atoms with Crippen LogP contribution in [0.1, 0.15) is 33.5 Å². The minimum atomic E-state index is -0.687. The molecule has 0 saturated carbocycles. The van der Waals surface area contributed by atoms with Crippen LogP contribution in [0.3, 0.4) is 0 Å². The van der Waals surface area contributed by atoms with Gasteiger partial charge in [0, 0.05) is 17.0 Å². The summed E-state index contributed by atoms with van der Waals surface area (Å²) in [4.78, 5) is 20.6. The summed E-state index contributed by atoms with van der Waals surface area (Å²) in [6, 6.07) is 9.53. The van der Waals surface area contributed by atoms with E-state index in [1.165, 1.54) is 4.52 Å². The van der Waals surface area contributed by atoms with E-state index in [1.54, 1.807) is 0 Å². The number of rotatable bonds is 4. The van der Waals surface area contributed by atoms with E-state index in [0.29, 0.717) is 11.7 Å². The third kappa shape index (κ3) is 3.39. The number of fused-ring (bicyclic) bond motifs is 1. The standard InChI is InChI=1S/C18H16N6O3/c1-10-5-4-6-13(7-10)16-22-21-14(27-16)9-26-17(25)15-20-18-19-11(2)8-12(3)24(18)23-15/h4-8H,9H2,1-3H3. The van der Waals surface area contributed by atoms with Crippen molar-refractivity contribution in [3.8, 4) is 11.5 Å². The van der Waals surface area contributed by atoms with Crippen LogP contribution in [-0.2, 0) is 11.3 Å². The number of benzene rings is 1. The Kier molecular flexibility index (Phi) is 4.11. The summed E-state index contributed by atoms with van der Waals surface area (Å²) >= 11 is 0. The van der Waals surface area contributed by atoms with Crippen molar-refractivity contribution in [2.45, 2.75) is 27.4 Å². The van der Waals surface area contributed by atoms with Gasteiger partial charge < -0.3 is 9.15 Å². The van der Waals surface area contributed by atoms with Gasteiger partial charge in [-0.25, -0.2) is 14.3 Å². The number of carbonyl (C=O) groups is 1. The Morgan fingerprint density at radius 1 is 1.15 bits per heavy atom. The second kappa shape index (κ2) is 6.60. The molecule has 0 aliphatic rings. The smallest absolute Gasteiger partial charge is 0.378 e. The molecule has 0 N–H and O–H groups in total. The predicted octanol–water partition coefficient (Wildman–Crippen LogP) is 2.46. The van der Waals surface area contributed by atoms with E-state index in [9.17, 15) is 4.79 Å². The molecular formula is C18H16N6O3. The first-order valence-corrected chi connectivity index (χ1v) is 8.27. The topological polar surface area (TPSA) is 108 Å². The lowest BCUT2D eigenvalue weighted by Gasteiger charge is -1.98. The zero-order valence-corrected chi connectivity index (χ0v) is 15.0. The van der Waals surface area contributed by atoms with Crippen molar-refractivity contribution in [3.63, 3.8) is 0 Å². The highest BCUT2D eigenvalue weighted by atomic mass is 16.5. The zero-order chi connectivity index (χ0) is 19.0. The minimum absolute atomic E-state index is 0.0744. The molecule has 9 nitrogen and oxygen atoms in total. The predicted molar refractivity (Wildman–Crippen MR) is 93.8 cm³/mol. The van der Waals surface area contributed by atoms with Crippen molar-refractivity contribution < 1.29 is 13.9 Å². The first-order valence-electron chi connectivity index (χ1n) is 8.27. The molecule has 1 aromatic carbocycles. The molecule has 27 heavy (non-hydrogen) atoms. The first kappa shape index (κ1) is 16.8. The minimum Gasteiger partial charge on any atom is -0.450 e. The number of hydrogen-bond acceptors (Lipinski definition) is 8. The molecule has 3 aromatic heterocycles. The summed E-state index contributed by atoms with van der Waals surface area (Å²) < 4.78 is 12.2. The van der Waals surface area contributed by atoms with E-state index in [-0.39, 0.29) is 18.3 Å². The van der Waals surface area contributed by atoms with Gasteiger partial charge in [0.2, 0.25) is 5.89 Å². The van der Waals surface area contributed by atoms with Crippen molar-refractivity contribution in [1.82, 2.24) is 29.8 Å². The Bertz CT molecular complexity index is 1150. The summed E-state index contributed by atoms with van der Waals surface area (Å²) in [5, 5.41) is 12.0. The Labute approximate surface area is 154 Å². The fourth-order valence-corrected chi connectivity index (χ4v) is 2.65. The van der Waals surface area contributed by atoms with Crippen LogP contribution in [0, 0.1) is 20.8 Å². The summed E-state index contributed by atoms with van der Waals surface area (Å²) in [5.74, 6) is 0.140. The number of aryl methyl sites for hydroxylation is 3. The number of esters is 1. The van der Waals surface area contributed by atoms with Crippen molar-refractivity contribution >= 4 is 11.7 Å².